The van der Waals surface area contributed by atoms with E-state index in [4.69, 9.17) is 0 Å². The zero-order valence-corrected chi connectivity index (χ0v) is 11.7. The third kappa shape index (κ3) is 3.82. The molecule has 104 valence electrons. The van der Waals surface area contributed by atoms with Crippen LogP contribution in [-0.4, -0.2) is 11.0 Å². The fourth-order valence-electron chi connectivity index (χ4n) is 1.97. The minimum absolute atomic E-state index is 0.0351. The van der Waals surface area contributed by atoms with E-state index in [0.29, 0.717) is 0 Å². The lowest BCUT2D eigenvalue weighted by molar-refractivity contribution is 0.234. The standard InChI is InChI=1S/C16H19N3O/c1-12(14-8-4-3-5-9-14)18-16(20)19-13(2)15-10-6-7-11-17-15/h3-13H,1-2H3,(H2,18,19,20)/t12-,13+/m0/s1. The molecule has 20 heavy (non-hydrogen) atoms. The van der Waals surface area contributed by atoms with E-state index in [2.05, 4.69) is 15.6 Å². The Bertz CT molecular complexity index is 493. The molecule has 1 aromatic carbocycles. The van der Waals surface area contributed by atoms with Gasteiger partial charge in [-0.2, -0.15) is 0 Å². The molecule has 2 amide bonds. The van der Waals surface area contributed by atoms with Crippen LogP contribution in [0.25, 0.3) is 0 Å². The van der Waals surface area contributed by atoms with Crippen molar-refractivity contribution >= 4 is 6.03 Å². The SMILES string of the molecule is C[C@H](NC(=O)N[C@H](C)c1ccccn1)c1ccccc1. The number of aromatic nitrogens is 1. The van der Waals surface area contributed by atoms with E-state index < -0.39 is 0 Å². The smallest absolute Gasteiger partial charge is 0.315 e. The van der Waals surface area contributed by atoms with Crippen molar-refractivity contribution in [2.75, 3.05) is 0 Å². The summed E-state index contributed by atoms with van der Waals surface area (Å²) in [7, 11) is 0. The first-order valence-electron chi connectivity index (χ1n) is 6.69. The van der Waals surface area contributed by atoms with Crippen molar-refractivity contribution in [3.8, 4) is 0 Å². The number of hydrogen-bond donors (Lipinski definition) is 2. The normalized spacial score (nSPS) is 13.3. The zero-order chi connectivity index (χ0) is 14.4. The molecule has 0 spiro atoms. The number of rotatable bonds is 4. The Labute approximate surface area is 119 Å². The lowest BCUT2D eigenvalue weighted by Gasteiger charge is -2.18. The Morgan fingerprint density at radius 3 is 2.25 bits per heavy atom. The van der Waals surface area contributed by atoms with Gasteiger partial charge in [0.25, 0.3) is 0 Å². The van der Waals surface area contributed by atoms with Gasteiger partial charge in [0.1, 0.15) is 0 Å². The predicted octanol–water partition coefficient (Wildman–Crippen LogP) is 3.20. The summed E-state index contributed by atoms with van der Waals surface area (Å²) < 4.78 is 0. The second-order valence-electron chi connectivity index (χ2n) is 4.73. The molecule has 4 nitrogen and oxygen atoms in total. The van der Waals surface area contributed by atoms with Crippen LogP contribution in [0, 0.1) is 0 Å². The summed E-state index contributed by atoms with van der Waals surface area (Å²) in [4.78, 5) is 16.2. The second-order valence-corrected chi connectivity index (χ2v) is 4.73. The van der Waals surface area contributed by atoms with Gasteiger partial charge in [-0.25, -0.2) is 4.79 Å². The van der Waals surface area contributed by atoms with Gasteiger partial charge in [-0.05, 0) is 31.5 Å². The third-order valence-corrected chi connectivity index (χ3v) is 3.13. The Balaban J connectivity index is 1.90. The minimum Gasteiger partial charge on any atom is -0.332 e. The van der Waals surface area contributed by atoms with E-state index in [1.165, 1.54) is 0 Å². The number of nitrogens with zero attached hydrogens (tertiary/aromatic N) is 1. The molecule has 0 saturated carbocycles. The lowest BCUT2D eigenvalue weighted by atomic mass is 10.1. The van der Waals surface area contributed by atoms with E-state index in [-0.39, 0.29) is 18.1 Å². The van der Waals surface area contributed by atoms with Gasteiger partial charge in [0, 0.05) is 6.20 Å². The van der Waals surface area contributed by atoms with Gasteiger partial charge >= 0.3 is 6.03 Å². The Morgan fingerprint density at radius 1 is 0.950 bits per heavy atom. The Kier molecular flexibility index (Phi) is 4.71. The van der Waals surface area contributed by atoms with Crippen molar-refractivity contribution in [3.05, 3.63) is 66.0 Å². The summed E-state index contributed by atoms with van der Waals surface area (Å²) in [5, 5.41) is 5.80. The number of benzene rings is 1. The van der Waals surface area contributed by atoms with Gasteiger partial charge in [-0.15, -0.1) is 0 Å². The summed E-state index contributed by atoms with van der Waals surface area (Å²) in [6.45, 7) is 3.87. The first-order chi connectivity index (χ1) is 9.66. The van der Waals surface area contributed by atoms with Crippen molar-refractivity contribution in [2.45, 2.75) is 25.9 Å². The molecule has 0 bridgehead atoms. The van der Waals surface area contributed by atoms with Gasteiger partial charge in [-0.3, -0.25) is 4.98 Å². The fraction of sp³-hybridized carbons (Fsp3) is 0.250. The molecule has 2 N–H and O–H groups in total. The molecule has 0 unspecified atom stereocenters. The van der Waals surface area contributed by atoms with Crippen molar-refractivity contribution < 1.29 is 4.79 Å². The summed E-state index contributed by atoms with van der Waals surface area (Å²) in [5.74, 6) is 0. The molecule has 1 heterocycles. The topological polar surface area (TPSA) is 54.0 Å². The third-order valence-electron chi connectivity index (χ3n) is 3.13. The Morgan fingerprint density at radius 2 is 1.60 bits per heavy atom. The van der Waals surface area contributed by atoms with Crippen LogP contribution >= 0.6 is 0 Å². The highest BCUT2D eigenvalue weighted by Gasteiger charge is 2.13. The number of carbonyl (C=O) groups excluding carboxylic acids is 1. The zero-order valence-electron chi connectivity index (χ0n) is 11.7. The first-order valence-corrected chi connectivity index (χ1v) is 6.69. The number of hydrogen-bond acceptors (Lipinski definition) is 2. The van der Waals surface area contributed by atoms with E-state index in [9.17, 15) is 4.79 Å². The van der Waals surface area contributed by atoms with Crippen molar-refractivity contribution in [1.82, 2.24) is 15.6 Å². The first kappa shape index (κ1) is 14.1. The van der Waals surface area contributed by atoms with Crippen LogP contribution in [0.1, 0.15) is 37.2 Å². The average Bonchev–Trinajstić information content (AvgIpc) is 2.49. The molecular weight excluding hydrogens is 250 g/mol. The van der Waals surface area contributed by atoms with Crippen LogP contribution in [0.5, 0.6) is 0 Å². The molecule has 1 aromatic heterocycles. The Hall–Kier alpha value is -2.36. The van der Waals surface area contributed by atoms with Gasteiger partial charge in [0.2, 0.25) is 0 Å². The molecule has 2 aromatic rings. The molecule has 2 rings (SSSR count). The monoisotopic (exact) mass is 269 g/mol. The summed E-state index contributed by atoms with van der Waals surface area (Å²) in [6.07, 6.45) is 1.72. The maximum atomic E-state index is 12.0. The van der Waals surface area contributed by atoms with E-state index in [0.717, 1.165) is 11.3 Å². The van der Waals surface area contributed by atoms with E-state index in [1.54, 1.807) is 6.20 Å². The summed E-state index contributed by atoms with van der Waals surface area (Å²) in [6, 6.07) is 15.2. The molecule has 0 fully saturated rings. The van der Waals surface area contributed by atoms with Crippen molar-refractivity contribution in [2.24, 2.45) is 0 Å². The largest absolute Gasteiger partial charge is 0.332 e. The molecule has 0 aliphatic heterocycles. The molecule has 0 radical (unpaired) electrons. The molecule has 0 saturated heterocycles. The number of pyridine rings is 1. The predicted molar refractivity (Wildman–Crippen MR) is 79.2 cm³/mol. The molecule has 0 aliphatic rings. The number of amides is 2. The summed E-state index contributed by atoms with van der Waals surface area (Å²) >= 11 is 0. The van der Waals surface area contributed by atoms with Crippen LogP contribution in [0.15, 0.2) is 54.7 Å². The van der Waals surface area contributed by atoms with Gasteiger partial charge < -0.3 is 10.6 Å². The van der Waals surface area contributed by atoms with Crippen molar-refractivity contribution in [1.29, 1.82) is 0 Å². The van der Waals surface area contributed by atoms with Crippen molar-refractivity contribution in [3.63, 3.8) is 0 Å². The van der Waals surface area contributed by atoms with Gasteiger partial charge in [-0.1, -0.05) is 36.4 Å². The molecule has 4 heteroatoms. The highest BCUT2D eigenvalue weighted by Crippen LogP contribution is 2.12. The number of urea groups is 1. The lowest BCUT2D eigenvalue weighted by Crippen LogP contribution is -2.38. The maximum absolute atomic E-state index is 12.0. The van der Waals surface area contributed by atoms with Gasteiger partial charge in [0.15, 0.2) is 0 Å². The number of carbonyl (C=O) groups is 1. The fourth-order valence-corrected chi connectivity index (χ4v) is 1.97. The molecule has 0 aliphatic carbocycles. The summed E-state index contributed by atoms with van der Waals surface area (Å²) in [5.41, 5.74) is 1.92. The maximum Gasteiger partial charge on any atom is 0.315 e. The number of nitrogens with one attached hydrogen (secondary N) is 2. The van der Waals surface area contributed by atoms with Gasteiger partial charge in [0.05, 0.1) is 17.8 Å². The van der Waals surface area contributed by atoms with Crippen LogP contribution in [-0.2, 0) is 0 Å². The second kappa shape index (κ2) is 6.70. The van der Waals surface area contributed by atoms with E-state index >= 15 is 0 Å². The minimum atomic E-state index is -0.195. The highest BCUT2D eigenvalue weighted by atomic mass is 16.2. The van der Waals surface area contributed by atoms with Crippen LogP contribution in [0.2, 0.25) is 0 Å². The molecular formula is C16H19N3O. The van der Waals surface area contributed by atoms with Crippen LogP contribution in [0.3, 0.4) is 0 Å². The van der Waals surface area contributed by atoms with E-state index in [1.807, 2.05) is 62.4 Å². The molecule has 2 atom stereocenters. The quantitative estimate of drug-likeness (QED) is 0.895. The van der Waals surface area contributed by atoms with Crippen LogP contribution in [0.4, 0.5) is 4.79 Å². The highest BCUT2D eigenvalue weighted by molar-refractivity contribution is 5.74. The average molecular weight is 269 g/mol. The van der Waals surface area contributed by atoms with Crippen LogP contribution < -0.4 is 10.6 Å².